The molecule has 27 heavy (non-hydrogen) atoms. The summed E-state index contributed by atoms with van der Waals surface area (Å²) in [6.45, 7) is 5.92. The quantitative estimate of drug-likeness (QED) is 0.764. The highest BCUT2D eigenvalue weighted by Gasteiger charge is 2.32. The topological polar surface area (TPSA) is 40.6 Å². The maximum atomic E-state index is 12.9. The van der Waals surface area contributed by atoms with Crippen LogP contribution in [-0.2, 0) is 17.6 Å². The summed E-state index contributed by atoms with van der Waals surface area (Å²) in [7, 11) is 0. The molecule has 0 spiro atoms. The lowest BCUT2D eigenvalue weighted by atomic mass is 9.86. The highest BCUT2D eigenvalue weighted by atomic mass is 32.1. The molecule has 3 aliphatic rings. The number of hydrogen-bond acceptors (Lipinski definition) is 3. The van der Waals surface area contributed by atoms with Gasteiger partial charge in [0.25, 0.3) is 5.91 Å². The molecule has 148 valence electrons. The number of nitrogens with zero attached hydrogens (tertiary/aromatic N) is 2. The van der Waals surface area contributed by atoms with Crippen molar-refractivity contribution in [3.8, 4) is 0 Å². The number of carbonyl (C=O) groups is 2. The van der Waals surface area contributed by atoms with Gasteiger partial charge in [0.15, 0.2) is 0 Å². The zero-order valence-corrected chi connectivity index (χ0v) is 17.4. The Balaban J connectivity index is 1.41. The third-order valence-corrected chi connectivity index (χ3v) is 7.86. The smallest absolute Gasteiger partial charge is 0.263 e. The summed E-state index contributed by atoms with van der Waals surface area (Å²) in [4.78, 5) is 32.2. The normalized spacial score (nSPS) is 24.4. The Morgan fingerprint density at radius 3 is 2.37 bits per heavy atom. The van der Waals surface area contributed by atoms with Crippen LogP contribution in [0.1, 0.15) is 72.0 Å². The fourth-order valence-electron chi connectivity index (χ4n) is 4.76. The van der Waals surface area contributed by atoms with E-state index in [4.69, 9.17) is 0 Å². The van der Waals surface area contributed by atoms with Gasteiger partial charge in [0.2, 0.25) is 5.91 Å². The highest BCUT2D eigenvalue weighted by Crippen LogP contribution is 2.34. The summed E-state index contributed by atoms with van der Waals surface area (Å²) in [5.41, 5.74) is 1.26. The van der Waals surface area contributed by atoms with Gasteiger partial charge in [-0.05, 0) is 62.5 Å². The highest BCUT2D eigenvalue weighted by molar-refractivity contribution is 7.14. The first-order chi connectivity index (χ1) is 13.1. The minimum Gasteiger partial charge on any atom is -0.342 e. The average Bonchev–Trinajstić information content (AvgIpc) is 2.92. The summed E-state index contributed by atoms with van der Waals surface area (Å²) in [5.74, 6) is 1.42. The molecule has 4 rings (SSSR count). The number of carbonyl (C=O) groups excluding carboxylic acids is 2. The van der Waals surface area contributed by atoms with Gasteiger partial charge in [-0.1, -0.05) is 19.8 Å². The molecule has 0 saturated carbocycles. The lowest BCUT2D eigenvalue weighted by Crippen LogP contribution is -2.42. The third-order valence-electron chi connectivity index (χ3n) is 6.63. The molecule has 0 radical (unpaired) electrons. The van der Waals surface area contributed by atoms with E-state index in [1.165, 1.54) is 23.3 Å². The molecule has 1 unspecified atom stereocenters. The molecule has 1 atom stereocenters. The fourth-order valence-corrected chi connectivity index (χ4v) is 5.93. The number of hydrogen-bond donors (Lipinski definition) is 0. The van der Waals surface area contributed by atoms with Crippen molar-refractivity contribution in [3.63, 3.8) is 0 Å². The van der Waals surface area contributed by atoms with Crippen molar-refractivity contribution in [3.05, 3.63) is 21.4 Å². The predicted molar refractivity (Wildman–Crippen MR) is 109 cm³/mol. The molecule has 4 nitrogen and oxygen atoms in total. The molecule has 2 amide bonds. The fraction of sp³-hybridized carbons (Fsp3) is 0.727. The van der Waals surface area contributed by atoms with Crippen molar-refractivity contribution < 1.29 is 9.59 Å². The molecule has 0 N–H and O–H groups in total. The van der Waals surface area contributed by atoms with Crippen molar-refractivity contribution >= 4 is 23.2 Å². The maximum Gasteiger partial charge on any atom is 0.263 e. The molecule has 1 aliphatic carbocycles. The lowest BCUT2D eigenvalue weighted by molar-refractivity contribution is -0.137. The second kappa shape index (κ2) is 8.34. The van der Waals surface area contributed by atoms with Gasteiger partial charge < -0.3 is 9.80 Å². The molecule has 3 heterocycles. The predicted octanol–water partition coefficient (Wildman–Crippen LogP) is 4.13. The van der Waals surface area contributed by atoms with Gasteiger partial charge in [-0.25, -0.2) is 0 Å². The van der Waals surface area contributed by atoms with Gasteiger partial charge in [0.1, 0.15) is 0 Å². The van der Waals surface area contributed by atoms with Gasteiger partial charge >= 0.3 is 0 Å². The Hall–Kier alpha value is -1.36. The van der Waals surface area contributed by atoms with Gasteiger partial charge in [-0.3, -0.25) is 9.59 Å². The largest absolute Gasteiger partial charge is 0.342 e. The third kappa shape index (κ3) is 4.23. The Morgan fingerprint density at radius 2 is 1.67 bits per heavy atom. The molecule has 2 aliphatic heterocycles. The maximum absolute atomic E-state index is 12.9. The van der Waals surface area contributed by atoms with E-state index in [2.05, 4.69) is 17.9 Å². The molecule has 5 heteroatoms. The van der Waals surface area contributed by atoms with E-state index in [0.29, 0.717) is 5.91 Å². The summed E-state index contributed by atoms with van der Waals surface area (Å²) in [6.07, 6.45) is 9.72. The Morgan fingerprint density at radius 1 is 0.963 bits per heavy atom. The van der Waals surface area contributed by atoms with Crippen LogP contribution < -0.4 is 0 Å². The van der Waals surface area contributed by atoms with Gasteiger partial charge in [0, 0.05) is 37.0 Å². The minimum absolute atomic E-state index is 0.113. The Labute approximate surface area is 166 Å². The van der Waals surface area contributed by atoms with Crippen molar-refractivity contribution in [2.45, 2.75) is 64.7 Å². The zero-order valence-electron chi connectivity index (χ0n) is 16.5. The SMILES string of the molecule is CC1CCN(C(=O)C2CCc3sc(C(=O)N4CCCCCC4)cc3C2)CC1. The Kier molecular flexibility index (Phi) is 5.86. The lowest BCUT2D eigenvalue weighted by Gasteiger charge is -2.34. The van der Waals surface area contributed by atoms with Crippen LogP contribution in [0.3, 0.4) is 0 Å². The molecule has 1 aromatic heterocycles. The molecule has 0 bridgehead atoms. The summed E-state index contributed by atoms with van der Waals surface area (Å²) >= 11 is 1.68. The van der Waals surface area contributed by atoms with Crippen LogP contribution in [0.4, 0.5) is 0 Å². The molecule has 2 fully saturated rings. The minimum atomic E-state index is 0.113. The summed E-state index contributed by atoms with van der Waals surface area (Å²) in [5, 5.41) is 0. The van der Waals surface area contributed by atoms with Gasteiger partial charge in [-0.2, -0.15) is 0 Å². The van der Waals surface area contributed by atoms with E-state index in [1.807, 2.05) is 4.90 Å². The first kappa shape index (κ1) is 19.0. The van der Waals surface area contributed by atoms with E-state index in [9.17, 15) is 9.59 Å². The van der Waals surface area contributed by atoms with Crippen LogP contribution in [0.5, 0.6) is 0 Å². The van der Waals surface area contributed by atoms with Crippen LogP contribution in [0.2, 0.25) is 0 Å². The van der Waals surface area contributed by atoms with Crippen LogP contribution in [-0.4, -0.2) is 47.8 Å². The van der Waals surface area contributed by atoms with Gasteiger partial charge in [0.05, 0.1) is 4.88 Å². The van der Waals surface area contributed by atoms with Crippen LogP contribution >= 0.6 is 11.3 Å². The number of thiophene rings is 1. The zero-order chi connectivity index (χ0) is 18.8. The number of rotatable bonds is 2. The monoisotopic (exact) mass is 388 g/mol. The number of likely N-dealkylation sites (tertiary alicyclic amines) is 2. The van der Waals surface area contributed by atoms with Crippen molar-refractivity contribution in [1.29, 1.82) is 0 Å². The summed E-state index contributed by atoms with van der Waals surface area (Å²) < 4.78 is 0. The van der Waals surface area contributed by atoms with Crippen molar-refractivity contribution in [2.24, 2.45) is 11.8 Å². The van der Waals surface area contributed by atoms with E-state index < -0.39 is 0 Å². The van der Waals surface area contributed by atoms with E-state index >= 15 is 0 Å². The first-order valence-corrected chi connectivity index (χ1v) is 11.6. The Bertz CT molecular complexity index is 682. The van der Waals surface area contributed by atoms with Crippen LogP contribution in [0, 0.1) is 11.8 Å². The van der Waals surface area contributed by atoms with Crippen LogP contribution in [0.25, 0.3) is 0 Å². The standard InChI is InChI=1S/C22H32N2O2S/c1-16-8-12-24(13-9-16)21(25)17-6-7-19-18(14-17)15-20(27-19)22(26)23-10-4-2-3-5-11-23/h15-17H,2-14H2,1H3. The second-order valence-electron chi connectivity index (χ2n) is 8.71. The van der Waals surface area contributed by atoms with Crippen LogP contribution in [0.15, 0.2) is 6.07 Å². The number of aryl methyl sites for hydroxylation is 1. The number of amides is 2. The number of fused-ring (bicyclic) bond motifs is 1. The average molecular weight is 389 g/mol. The van der Waals surface area contributed by atoms with Crippen molar-refractivity contribution in [2.75, 3.05) is 26.2 Å². The molecular formula is C22H32N2O2S. The second-order valence-corrected chi connectivity index (χ2v) is 9.85. The molecule has 0 aromatic carbocycles. The van der Waals surface area contributed by atoms with Crippen molar-refractivity contribution in [1.82, 2.24) is 9.80 Å². The molecule has 1 aromatic rings. The number of piperidine rings is 1. The van der Waals surface area contributed by atoms with Gasteiger partial charge in [-0.15, -0.1) is 11.3 Å². The summed E-state index contributed by atoms with van der Waals surface area (Å²) in [6, 6.07) is 2.10. The first-order valence-electron chi connectivity index (χ1n) is 10.8. The molecule has 2 saturated heterocycles. The van der Waals surface area contributed by atoms with E-state index in [-0.39, 0.29) is 11.8 Å². The van der Waals surface area contributed by atoms with E-state index in [0.717, 1.165) is 81.9 Å². The molecular weight excluding hydrogens is 356 g/mol. The van der Waals surface area contributed by atoms with E-state index in [1.54, 1.807) is 11.3 Å².